The van der Waals surface area contributed by atoms with Gasteiger partial charge in [-0.1, -0.05) is 29.8 Å². The first-order valence-corrected chi connectivity index (χ1v) is 4.64. The molecule has 1 heterocycles. The molecule has 0 aliphatic heterocycles. The van der Waals surface area contributed by atoms with E-state index in [0.29, 0.717) is 5.92 Å². The number of hydrogen-bond donors (Lipinski definition) is 0. The van der Waals surface area contributed by atoms with Crippen LogP contribution in [0.3, 0.4) is 0 Å². The van der Waals surface area contributed by atoms with Crippen molar-refractivity contribution in [2.75, 3.05) is 0 Å². The molecule has 1 atom stereocenters. The molecule has 0 amide bonds. The summed E-state index contributed by atoms with van der Waals surface area (Å²) >= 11 is 3.42. The Balaban J connectivity index is 2.86. The molecule has 1 rings (SSSR count). The largest absolute Gasteiger partial charge is 0.261 e. The van der Waals surface area contributed by atoms with E-state index in [0.717, 1.165) is 10.9 Å². The van der Waals surface area contributed by atoms with Crippen molar-refractivity contribution in [2.45, 2.75) is 26.2 Å². The third-order valence-electron chi connectivity index (χ3n) is 1.86. The van der Waals surface area contributed by atoms with E-state index in [2.05, 4.69) is 40.8 Å². The van der Waals surface area contributed by atoms with E-state index in [9.17, 15) is 0 Å². The molecule has 0 radical (unpaired) electrons. The minimum Gasteiger partial charge on any atom is -0.261 e. The second kappa shape index (κ2) is 3.86. The first-order valence-electron chi connectivity index (χ1n) is 3.85. The van der Waals surface area contributed by atoms with Gasteiger partial charge in [0.05, 0.1) is 0 Å². The predicted octanol–water partition coefficient (Wildman–Crippen LogP) is 3.36. The van der Waals surface area contributed by atoms with Gasteiger partial charge in [-0.25, -0.2) is 0 Å². The summed E-state index contributed by atoms with van der Waals surface area (Å²) < 4.78 is 1.11. The Morgan fingerprint density at radius 1 is 1.64 bits per heavy atom. The monoisotopic (exact) mass is 213 g/mol. The molecular weight excluding hydrogens is 202 g/mol. The lowest BCUT2D eigenvalue weighted by Crippen LogP contribution is -1.93. The van der Waals surface area contributed by atoms with E-state index in [1.165, 1.54) is 5.69 Å². The van der Waals surface area contributed by atoms with Gasteiger partial charge < -0.3 is 0 Å². The number of aromatic nitrogens is 1. The van der Waals surface area contributed by atoms with E-state index in [1.807, 2.05) is 12.3 Å². The van der Waals surface area contributed by atoms with Crippen molar-refractivity contribution in [2.24, 2.45) is 0 Å². The molecule has 0 saturated carbocycles. The smallest absolute Gasteiger partial charge is 0.0442 e. The topological polar surface area (TPSA) is 12.9 Å². The van der Waals surface area contributed by atoms with Crippen molar-refractivity contribution in [3.8, 4) is 0 Å². The fraction of sp³-hybridized carbons (Fsp3) is 0.444. The summed E-state index contributed by atoms with van der Waals surface area (Å²) in [6.45, 7) is 4.36. The van der Waals surface area contributed by atoms with E-state index in [1.54, 1.807) is 0 Å². The zero-order valence-electron chi connectivity index (χ0n) is 6.84. The Bertz CT molecular complexity index is 235. The van der Waals surface area contributed by atoms with Crippen LogP contribution in [0.1, 0.15) is 31.9 Å². The van der Waals surface area contributed by atoms with Gasteiger partial charge in [0.1, 0.15) is 0 Å². The molecule has 0 aliphatic rings. The molecule has 1 aromatic heterocycles. The molecule has 0 aromatic carbocycles. The van der Waals surface area contributed by atoms with Crippen LogP contribution in [-0.4, -0.2) is 4.98 Å². The van der Waals surface area contributed by atoms with Crippen molar-refractivity contribution >= 4 is 15.9 Å². The highest BCUT2D eigenvalue weighted by molar-refractivity contribution is 9.10. The second-order valence-corrected chi connectivity index (χ2v) is 3.62. The van der Waals surface area contributed by atoms with Crippen LogP contribution in [0.25, 0.3) is 0 Å². The molecule has 0 fully saturated rings. The fourth-order valence-electron chi connectivity index (χ4n) is 0.900. The van der Waals surface area contributed by atoms with Crippen LogP contribution in [-0.2, 0) is 0 Å². The minimum atomic E-state index is 0.562. The molecule has 0 saturated heterocycles. The Morgan fingerprint density at radius 2 is 2.36 bits per heavy atom. The summed E-state index contributed by atoms with van der Waals surface area (Å²) in [5, 5.41) is 0. The Morgan fingerprint density at radius 3 is 2.91 bits per heavy atom. The highest BCUT2D eigenvalue weighted by atomic mass is 79.9. The lowest BCUT2D eigenvalue weighted by atomic mass is 10.1. The van der Waals surface area contributed by atoms with Crippen LogP contribution in [0.2, 0.25) is 0 Å². The van der Waals surface area contributed by atoms with Crippen LogP contribution < -0.4 is 0 Å². The third-order valence-corrected chi connectivity index (χ3v) is 2.35. The normalized spacial score (nSPS) is 13.0. The number of rotatable bonds is 2. The maximum Gasteiger partial charge on any atom is 0.0442 e. The van der Waals surface area contributed by atoms with Crippen LogP contribution in [0, 0.1) is 0 Å². The first kappa shape index (κ1) is 8.72. The van der Waals surface area contributed by atoms with E-state index >= 15 is 0 Å². The van der Waals surface area contributed by atoms with Gasteiger partial charge in [0.15, 0.2) is 0 Å². The first-order chi connectivity index (χ1) is 5.24. The Labute approximate surface area is 76.0 Å². The van der Waals surface area contributed by atoms with Gasteiger partial charge in [-0.15, -0.1) is 0 Å². The van der Waals surface area contributed by atoms with Gasteiger partial charge in [-0.05, 0) is 24.5 Å². The molecule has 0 spiro atoms. The van der Waals surface area contributed by atoms with Crippen molar-refractivity contribution in [1.29, 1.82) is 0 Å². The summed E-state index contributed by atoms with van der Waals surface area (Å²) in [5.74, 6) is 0.562. The SMILES string of the molecule is CCC(C)c1cc(Br)ccn1. The van der Waals surface area contributed by atoms with E-state index in [-0.39, 0.29) is 0 Å². The highest BCUT2D eigenvalue weighted by Crippen LogP contribution is 2.19. The molecule has 11 heavy (non-hydrogen) atoms. The molecule has 0 aliphatic carbocycles. The van der Waals surface area contributed by atoms with Gasteiger partial charge in [-0.2, -0.15) is 0 Å². The summed E-state index contributed by atoms with van der Waals surface area (Å²) in [5.41, 5.74) is 1.17. The van der Waals surface area contributed by atoms with Crippen molar-refractivity contribution < 1.29 is 0 Å². The van der Waals surface area contributed by atoms with Gasteiger partial charge in [0.25, 0.3) is 0 Å². The quantitative estimate of drug-likeness (QED) is 0.735. The lowest BCUT2D eigenvalue weighted by Gasteiger charge is -2.06. The van der Waals surface area contributed by atoms with Crippen LogP contribution in [0.5, 0.6) is 0 Å². The van der Waals surface area contributed by atoms with Gasteiger partial charge >= 0.3 is 0 Å². The minimum absolute atomic E-state index is 0.562. The summed E-state index contributed by atoms with van der Waals surface area (Å²) in [6.07, 6.45) is 2.98. The molecule has 1 aromatic rings. The molecule has 1 unspecified atom stereocenters. The highest BCUT2D eigenvalue weighted by Gasteiger charge is 2.03. The van der Waals surface area contributed by atoms with Crippen molar-refractivity contribution in [1.82, 2.24) is 4.98 Å². The van der Waals surface area contributed by atoms with Crippen LogP contribution in [0.15, 0.2) is 22.8 Å². The molecule has 60 valence electrons. The fourth-order valence-corrected chi connectivity index (χ4v) is 1.25. The summed E-state index contributed by atoms with van der Waals surface area (Å²) in [6, 6.07) is 4.03. The number of nitrogens with zero attached hydrogens (tertiary/aromatic N) is 1. The summed E-state index contributed by atoms with van der Waals surface area (Å²) in [4.78, 5) is 4.28. The van der Waals surface area contributed by atoms with Crippen LogP contribution in [0.4, 0.5) is 0 Å². The maximum atomic E-state index is 4.28. The molecule has 2 heteroatoms. The lowest BCUT2D eigenvalue weighted by molar-refractivity contribution is 0.707. The van der Waals surface area contributed by atoms with Gasteiger partial charge in [-0.3, -0.25) is 4.98 Å². The predicted molar refractivity (Wildman–Crippen MR) is 50.6 cm³/mol. The zero-order chi connectivity index (χ0) is 8.27. The molecule has 0 bridgehead atoms. The number of pyridine rings is 1. The van der Waals surface area contributed by atoms with Crippen molar-refractivity contribution in [3.63, 3.8) is 0 Å². The van der Waals surface area contributed by atoms with Gasteiger partial charge in [0.2, 0.25) is 0 Å². The third kappa shape index (κ3) is 2.29. The number of hydrogen-bond acceptors (Lipinski definition) is 1. The van der Waals surface area contributed by atoms with Gasteiger partial charge in [0, 0.05) is 16.4 Å². The number of halogens is 1. The second-order valence-electron chi connectivity index (χ2n) is 2.71. The van der Waals surface area contributed by atoms with Crippen molar-refractivity contribution in [3.05, 3.63) is 28.5 Å². The maximum absolute atomic E-state index is 4.28. The summed E-state index contributed by atoms with van der Waals surface area (Å²) in [7, 11) is 0. The zero-order valence-corrected chi connectivity index (χ0v) is 8.43. The van der Waals surface area contributed by atoms with E-state index in [4.69, 9.17) is 0 Å². The molecule has 1 nitrogen and oxygen atoms in total. The average Bonchev–Trinajstić information content (AvgIpc) is 2.03. The Kier molecular flexibility index (Phi) is 3.06. The van der Waals surface area contributed by atoms with E-state index < -0.39 is 0 Å². The average molecular weight is 214 g/mol. The van der Waals surface area contributed by atoms with Crippen LogP contribution >= 0.6 is 15.9 Å². The molecular formula is C9H12BrN. The standard InChI is InChI=1S/C9H12BrN/c1-3-7(2)9-6-8(10)4-5-11-9/h4-7H,3H2,1-2H3. The Hall–Kier alpha value is -0.370. The molecule has 0 N–H and O–H groups in total.